The fourth-order valence-corrected chi connectivity index (χ4v) is 2.26. The second-order valence-corrected chi connectivity index (χ2v) is 4.69. The van der Waals surface area contributed by atoms with Gasteiger partial charge in [0.1, 0.15) is 19.1 Å². The fourth-order valence-electron chi connectivity index (χ4n) is 2.26. The fraction of sp³-hybridized carbons (Fsp3) is 0.267. The average Bonchev–Trinajstić information content (AvgIpc) is 2.94. The van der Waals surface area contributed by atoms with Crippen molar-refractivity contribution in [3.63, 3.8) is 0 Å². The quantitative estimate of drug-likeness (QED) is 0.801. The van der Waals surface area contributed by atoms with E-state index in [1.54, 1.807) is 36.0 Å². The summed E-state index contributed by atoms with van der Waals surface area (Å²) in [5.41, 5.74) is 0.578. The van der Waals surface area contributed by atoms with Gasteiger partial charge < -0.3 is 14.0 Å². The molecular weight excluding hydrogens is 270 g/mol. The van der Waals surface area contributed by atoms with Crippen molar-refractivity contribution in [1.29, 1.82) is 5.26 Å². The number of fused-ring (bicyclic) bond motifs is 1. The van der Waals surface area contributed by atoms with E-state index in [2.05, 4.69) is 4.98 Å². The standard InChI is InChI=1S/C15H13N3O3/c1-18-5-4-17-15(18)14(19)11(9-16)10-2-3-12-13(8-10)21-7-6-20-12/h2-5,8,11H,6-7H2,1H3. The van der Waals surface area contributed by atoms with Gasteiger partial charge in [-0.05, 0) is 17.7 Å². The van der Waals surface area contributed by atoms with Gasteiger partial charge >= 0.3 is 0 Å². The molecule has 0 amide bonds. The van der Waals surface area contributed by atoms with Gasteiger partial charge in [0.05, 0.1) is 6.07 Å². The van der Waals surface area contributed by atoms with E-state index in [4.69, 9.17) is 9.47 Å². The number of carbonyl (C=O) groups excluding carboxylic acids is 1. The van der Waals surface area contributed by atoms with Crippen molar-refractivity contribution in [3.8, 4) is 17.6 Å². The SMILES string of the molecule is Cn1ccnc1C(=O)C(C#N)c1ccc2c(c1)OCCO2. The van der Waals surface area contributed by atoms with E-state index in [1.165, 1.54) is 6.20 Å². The summed E-state index contributed by atoms with van der Waals surface area (Å²) in [7, 11) is 1.72. The number of ketones is 1. The Morgan fingerprint density at radius 2 is 2.14 bits per heavy atom. The summed E-state index contributed by atoms with van der Waals surface area (Å²) in [4.78, 5) is 16.5. The molecule has 1 aliphatic heterocycles. The third-order valence-corrected chi connectivity index (χ3v) is 3.33. The third-order valence-electron chi connectivity index (χ3n) is 3.33. The van der Waals surface area contributed by atoms with Crippen molar-refractivity contribution in [1.82, 2.24) is 9.55 Å². The highest BCUT2D eigenvalue weighted by Gasteiger charge is 2.26. The maximum atomic E-state index is 12.4. The van der Waals surface area contributed by atoms with Crippen molar-refractivity contribution in [2.75, 3.05) is 13.2 Å². The Hall–Kier alpha value is -2.81. The van der Waals surface area contributed by atoms with Crippen LogP contribution in [-0.4, -0.2) is 28.5 Å². The molecule has 2 heterocycles. The average molecular weight is 283 g/mol. The number of nitriles is 1. The van der Waals surface area contributed by atoms with E-state index >= 15 is 0 Å². The molecule has 0 aliphatic carbocycles. The van der Waals surface area contributed by atoms with Crippen LogP contribution in [0.4, 0.5) is 0 Å². The van der Waals surface area contributed by atoms with Gasteiger partial charge in [-0.2, -0.15) is 5.26 Å². The minimum absolute atomic E-state index is 0.261. The molecule has 6 heteroatoms. The monoisotopic (exact) mass is 283 g/mol. The first-order chi connectivity index (χ1) is 10.2. The van der Waals surface area contributed by atoms with Gasteiger partial charge in [-0.15, -0.1) is 0 Å². The number of imidazole rings is 1. The Kier molecular flexibility index (Phi) is 3.32. The molecule has 1 aromatic heterocycles. The van der Waals surface area contributed by atoms with Crippen LogP contribution < -0.4 is 9.47 Å². The Balaban J connectivity index is 1.95. The second-order valence-electron chi connectivity index (χ2n) is 4.69. The van der Waals surface area contributed by atoms with E-state index in [1.807, 2.05) is 6.07 Å². The van der Waals surface area contributed by atoms with Crippen molar-refractivity contribution in [2.24, 2.45) is 7.05 Å². The summed E-state index contributed by atoms with van der Waals surface area (Å²) in [6, 6.07) is 7.16. The van der Waals surface area contributed by atoms with Crippen LogP contribution in [0.15, 0.2) is 30.6 Å². The second kappa shape index (κ2) is 5.29. The van der Waals surface area contributed by atoms with Crippen molar-refractivity contribution < 1.29 is 14.3 Å². The highest BCUT2D eigenvalue weighted by Crippen LogP contribution is 2.33. The number of aromatic nitrogens is 2. The van der Waals surface area contributed by atoms with Crippen LogP contribution in [0.25, 0.3) is 0 Å². The minimum atomic E-state index is -0.915. The van der Waals surface area contributed by atoms with Crippen molar-refractivity contribution in [2.45, 2.75) is 5.92 Å². The highest BCUT2D eigenvalue weighted by molar-refractivity contribution is 6.00. The molecule has 0 radical (unpaired) electrons. The van der Waals surface area contributed by atoms with Gasteiger partial charge in [0.25, 0.3) is 0 Å². The van der Waals surface area contributed by atoms with Gasteiger partial charge in [0.15, 0.2) is 17.3 Å². The molecule has 0 saturated carbocycles. The number of carbonyl (C=O) groups is 1. The van der Waals surface area contributed by atoms with Gasteiger partial charge in [0.2, 0.25) is 5.78 Å². The zero-order valence-electron chi connectivity index (χ0n) is 11.4. The van der Waals surface area contributed by atoms with E-state index in [-0.39, 0.29) is 11.6 Å². The van der Waals surface area contributed by atoms with Crippen LogP contribution in [0.2, 0.25) is 0 Å². The summed E-state index contributed by atoms with van der Waals surface area (Å²) in [5, 5.41) is 9.36. The van der Waals surface area contributed by atoms with Gasteiger partial charge in [-0.25, -0.2) is 4.98 Å². The first-order valence-corrected chi connectivity index (χ1v) is 6.51. The molecule has 3 rings (SSSR count). The number of hydrogen-bond donors (Lipinski definition) is 0. The highest BCUT2D eigenvalue weighted by atomic mass is 16.6. The van der Waals surface area contributed by atoms with Crippen molar-refractivity contribution >= 4 is 5.78 Å². The number of rotatable bonds is 3. The lowest BCUT2D eigenvalue weighted by atomic mass is 9.95. The van der Waals surface area contributed by atoms with Gasteiger partial charge in [-0.3, -0.25) is 4.79 Å². The zero-order chi connectivity index (χ0) is 14.8. The van der Waals surface area contributed by atoms with Crippen LogP contribution in [0.3, 0.4) is 0 Å². The Morgan fingerprint density at radius 3 is 2.81 bits per heavy atom. The predicted octanol–water partition coefficient (Wildman–Crippen LogP) is 1.68. The van der Waals surface area contributed by atoms with Gasteiger partial charge in [-0.1, -0.05) is 6.07 Å². The Morgan fingerprint density at radius 1 is 1.38 bits per heavy atom. The van der Waals surface area contributed by atoms with E-state index in [0.29, 0.717) is 30.3 Å². The van der Waals surface area contributed by atoms with Crippen LogP contribution in [0.1, 0.15) is 22.1 Å². The van der Waals surface area contributed by atoms with Crippen LogP contribution in [0.5, 0.6) is 11.5 Å². The maximum absolute atomic E-state index is 12.4. The molecular formula is C15H13N3O3. The van der Waals surface area contributed by atoms with Gasteiger partial charge in [0, 0.05) is 19.4 Å². The zero-order valence-corrected chi connectivity index (χ0v) is 11.4. The maximum Gasteiger partial charge on any atom is 0.219 e. The molecule has 106 valence electrons. The van der Waals surface area contributed by atoms with E-state index in [0.717, 1.165) is 0 Å². The largest absolute Gasteiger partial charge is 0.486 e. The summed E-state index contributed by atoms with van der Waals surface area (Å²) in [6.07, 6.45) is 3.21. The molecule has 0 spiro atoms. The minimum Gasteiger partial charge on any atom is -0.486 e. The number of aryl methyl sites for hydroxylation is 1. The third kappa shape index (κ3) is 2.34. The molecule has 0 fully saturated rings. The Bertz CT molecular complexity index is 730. The lowest BCUT2D eigenvalue weighted by Gasteiger charge is -2.19. The van der Waals surface area contributed by atoms with Crippen molar-refractivity contribution in [3.05, 3.63) is 42.0 Å². The molecule has 1 aromatic carbocycles. The van der Waals surface area contributed by atoms with E-state index in [9.17, 15) is 10.1 Å². The lowest BCUT2D eigenvalue weighted by molar-refractivity contribution is 0.0965. The molecule has 0 bridgehead atoms. The molecule has 0 saturated heterocycles. The van der Waals surface area contributed by atoms with Crippen LogP contribution >= 0.6 is 0 Å². The molecule has 1 unspecified atom stereocenters. The van der Waals surface area contributed by atoms with Crippen LogP contribution in [0, 0.1) is 11.3 Å². The normalized spacial score (nSPS) is 14.3. The summed E-state index contributed by atoms with van der Waals surface area (Å²) < 4.78 is 12.5. The Labute approximate surface area is 121 Å². The lowest BCUT2D eigenvalue weighted by Crippen LogP contribution is -2.18. The number of ether oxygens (including phenoxy) is 2. The smallest absolute Gasteiger partial charge is 0.219 e. The number of Topliss-reactive ketones (excluding diaryl/α,β-unsaturated/α-hetero) is 1. The predicted molar refractivity (Wildman–Crippen MR) is 73.3 cm³/mol. The molecule has 1 aliphatic rings. The molecule has 2 aromatic rings. The summed E-state index contributed by atoms with van der Waals surface area (Å²) in [6.45, 7) is 0.960. The molecule has 6 nitrogen and oxygen atoms in total. The first-order valence-electron chi connectivity index (χ1n) is 6.51. The molecule has 0 N–H and O–H groups in total. The molecule has 1 atom stereocenters. The van der Waals surface area contributed by atoms with Crippen LogP contribution in [-0.2, 0) is 7.05 Å². The first kappa shape index (κ1) is 13.2. The number of hydrogen-bond acceptors (Lipinski definition) is 5. The van der Waals surface area contributed by atoms with E-state index < -0.39 is 5.92 Å². The topological polar surface area (TPSA) is 77.1 Å². The summed E-state index contributed by atoms with van der Waals surface area (Å²) >= 11 is 0. The molecule has 21 heavy (non-hydrogen) atoms. The summed E-state index contributed by atoms with van der Waals surface area (Å²) in [5.74, 6) is 0.206. The number of benzene rings is 1. The number of nitrogens with zero attached hydrogens (tertiary/aromatic N) is 3.